The average molecular weight is 258 g/mol. The standard InChI is InChI=1S/C11H18N2O3S/c1-8(2)7-17(16)5-4-13-10(14)6-9(3)12-11(13)15/h6,8H,4-5,7H2,1-3H3,(H,12,15). The van der Waals surface area contributed by atoms with E-state index in [1.54, 1.807) is 6.92 Å². The lowest BCUT2D eigenvalue weighted by atomic mass is 10.3. The van der Waals surface area contributed by atoms with Gasteiger partial charge in [0.25, 0.3) is 5.56 Å². The van der Waals surface area contributed by atoms with Gasteiger partial charge in [-0.25, -0.2) is 4.79 Å². The molecule has 1 aromatic rings. The van der Waals surface area contributed by atoms with E-state index in [-0.39, 0.29) is 12.1 Å². The minimum absolute atomic E-state index is 0.202. The van der Waals surface area contributed by atoms with Crippen molar-refractivity contribution in [2.24, 2.45) is 5.92 Å². The van der Waals surface area contributed by atoms with Gasteiger partial charge in [0, 0.05) is 40.6 Å². The minimum Gasteiger partial charge on any atom is -0.311 e. The van der Waals surface area contributed by atoms with Crippen LogP contribution >= 0.6 is 0 Å². The summed E-state index contributed by atoms with van der Waals surface area (Å²) in [4.78, 5) is 25.6. The Morgan fingerprint density at radius 3 is 2.59 bits per heavy atom. The first-order chi connectivity index (χ1) is 7.90. The second-order valence-electron chi connectivity index (χ2n) is 4.45. The minimum atomic E-state index is -0.985. The molecule has 0 aliphatic carbocycles. The number of rotatable bonds is 5. The Morgan fingerprint density at radius 1 is 1.41 bits per heavy atom. The van der Waals surface area contributed by atoms with Crippen molar-refractivity contribution in [3.8, 4) is 0 Å². The van der Waals surface area contributed by atoms with E-state index in [0.29, 0.717) is 23.1 Å². The molecule has 0 radical (unpaired) electrons. The molecule has 6 heteroatoms. The molecule has 96 valence electrons. The van der Waals surface area contributed by atoms with Crippen molar-refractivity contribution in [2.45, 2.75) is 27.3 Å². The molecule has 0 spiro atoms. The molecular formula is C11H18N2O3S. The molecule has 5 nitrogen and oxygen atoms in total. The molecule has 0 fully saturated rings. The molecule has 0 bridgehead atoms. The van der Waals surface area contributed by atoms with Crippen molar-refractivity contribution < 1.29 is 4.21 Å². The molecular weight excluding hydrogens is 240 g/mol. The third-order valence-electron chi connectivity index (χ3n) is 2.22. The first-order valence-corrected chi connectivity index (χ1v) is 7.04. The predicted molar refractivity (Wildman–Crippen MR) is 68.8 cm³/mol. The Hall–Kier alpha value is -1.17. The molecule has 1 rings (SSSR count). The number of hydrogen-bond acceptors (Lipinski definition) is 3. The number of aryl methyl sites for hydroxylation is 1. The molecule has 17 heavy (non-hydrogen) atoms. The van der Waals surface area contributed by atoms with Gasteiger partial charge in [0.15, 0.2) is 0 Å². The predicted octanol–water partition coefficient (Wildman–Crippen LogP) is 0.250. The Labute approximate surface area is 102 Å². The number of H-pyrrole nitrogens is 1. The van der Waals surface area contributed by atoms with E-state index in [1.165, 1.54) is 6.07 Å². The fourth-order valence-corrected chi connectivity index (χ4v) is 2.79. The van der Waals surface area contributed by atoms with E-state index in [9.17, 15) is 13.8 Å². The fraction of sp³-hybridized carbons (Fsp3) is 0.636. The third-order valence-corrected chi connectivity index (χ3v) is 3.89. The second-order valence-corrected chi connectivity index (χ2v) is 6.07. The van der Waals surface area contributed by atoms with E-state index in [0.717, 1.165) is 4.57 Å². The zero-order chi connectivity index (χ0) is 13.0. The van der Waals surface area contributed by atoms with Gasteiger partial charge in [-0.05, 0) is 12.8 Å². The van der Waals surface area contributed by atoms with Crippen LogP contribution in [0.5, 0.6) is 0 Å². The van der Waals surface area contributed by atoms with E-state index >= 15 is 0 Å². The van der Waals surface area contributed by atoms with Crippen LogP contribution in [0.25, 0.3) is 0 Å². The van der Waals surface area contributed by atoms with Crippen molar-refractivity contribution in [2.75, 3.05) is 11.5 Å². The highest BCUT2D eigenvalue weighted by Gasteiger charge is 2.06. The van der Waals surface area contributed by atoms with E-state index in [1.807, 2.05) is 13.8 Å². The van der Waals surface area contributed by atoms with Gasteiger partial charge in [0.05, 0.1) is 0 Å². The first kappa shape index (κ1) is 13.9. The zero-order valence-corrected chi connectivity index (χ0v) is 11.2. The number of aromatic nitrogens is 2. The van der Waals surface area contributed by atoms with E-state index in [4.69, 9.17) is 0 Å². The largest absolute Gasteiger partial charge is 0.328 e. The Morgan fingerprint density at radius 2 is 2.06 bits per heavy atom. The molecule has 1 unspecified atom stereocenters. The molecule has 1 aromatic heterocycles. The lowest BCUT2D eigenvalue weighted by molar-refractivity contribution is 0.639. The number of hydrogen-bond donors (Lipinski definition) is 1. The number of aromatic amines is 1. The maximum Gasteiger partial charge on any atom is 0.328 e. The summed E-state index contributed by atoms with van der Waals surface area (Å²) >= 11 is 0. The van der Waals surface area contributed by atoms with Crippen LogP contribution in [0.3, 0.4) is 0 Å². The lowest BCUT2D eigenvalue weighted by Gasteiger charge is -2.06. The van der Waals surface area contributed by atoms with Crippen LogP contribution in [0.2, 0.25) is 0 Å². The van der Waals surface area contributed by atoms with Crippen LogP contribution in [0.15, 0.2) is 15.7 Å². The summed E-state index contributed by atoms with van der Waals surface area (Å²) in [5, 5.41) is 0. The van der Waals surface area contributed by atoms with Gasteiger partial charge < -0.3 is 4.98 Å². The number of nitrogens with one attached hydrogen (secondary N) is 1. The summed E-state index contributed by atoms with van der Waals surface area (Å²) in [6.45, 7) is 5.84. The van der Waals surface area contributed by atoms with Crippen LogP contribution in [0, 0.1) is 12.8 Å². The summed E-state index contributed by atoms with van der Waals surface area (Å²) in [7, 11) is -0.985. The first-order valence-electron chi connectivity index (χ1n) is 5.56. The molecule has 0 aromatic carbocycles. The molecule has 1 heterocycles. The van der Waals surface area contributed by atoms with Crippen LogP contribution in [0.1, 0.15) is 19.5 Å². The van der Waals surface area contributed by atoms with Crippen LogP contribution in [0.4, 0.5) is 0 Å². The normalized spacial score (nSPS) is 12.9. The topological polar surface area (TPSA) is 71.9 Å². The lowest BCUT2D eigenvalue weighted by Crippen LogP contribution is -2.36. The highest BCUT2D eigenvalue weighted by Crippen LogP contribution is 1.96. The van der Waals surface area contributed by atoms with E-state index in [2.05, 4.69) is 4.98 Å². The number of nitrogens with zero attached hydrogens (tertiary/aromatic N) is 1. The van der Waals surface area contributed by atoms with Crippen molar-refractivity contribution in [1.29, 1.82) is 0 Å². The molecule has 0 amide bonds. The van der Waals surface area contributed by atoms with Crippen molar-refractivity contribution in [3.05, 3.63) is 32.6 Å². The monoisotopic (exact) mass is 258 g/mol. The van der Waals surface area contributed by atoms with Gasteiger partial charge in [0.2, 0.25) is 0 Å². The zero-order valence-electron chi connectivity index (χ0n) is 10.4. The Balaban J connectivity index is 2.74. The van der Waals surface area contributed by atoms with Gasteiger partial charge >= 0.3 is 5.69 Å². The second kappa shape index (κ2) is 5.95. The molecule has 1 N–H and O–H groups in total. The van der Waals surface area contributed by atoms with Crippen LogP contribution in [-0.2, 0) is 17.3 Å². The summed E-state index contributed by atoms with van der Waals surface area (Å²) < 4.78 is 12.7. The van der Waals surface area contributed by atoms with Crippen molar-refractivity contribution >= 4 is 10.8 Å². The highest BCUT2D eigenvalue weighted by molar-refractivity contribution is 7.84. The van der Waals surface area contributed by atoms with Gasteiger partial charge in [-0.15, -0.1) is 0 Å². The average Bonchev–Trinajstić information content (AvgIpc) is 2.14. The summed E-state index contributed by atoms with van der Waals surface area (Å²) in [6, 6.07) is 1.37. The Kier molecular flexibility index (Phi) is 4.86. The van der Waals surface area contributed by atoms with Crippen LogP contribution in [-0.4, -0.2) is 25.3 Å². The maximum absolute atomic E-state index is 11.6. The van der Waals surface area contributed by atoms with Gasteiger partial charge in [-0.3, -0.25) is 13.6 Å². The van der Waals surface area contributed by atoms with Gasteiger partial charge in [-0.2, -0.15) is 0 Å². The van der Waals surface area contributed by atoms with Crippen molar-refractivity contribution in [1.82, 2.24) is 9.55 Å². The molecule has 1 atom stereocenters. The van der Waals surface area contributed by atoms with Gasteiger partial charge in [0.1, 0.15) is 0 Å². The smallest absolute Gasteiger partial charge is 0.311 e. The SMILES string of the molecule is Cc1cc(=O)n(CCS(=O)CC(C)C)c(=O)[nH]1. The summed E-state index contributed by atoms with van der Waals surface area (Å²) in [5.41, 5.74) is -0.233. The molecule has 0 aliphatic heterocycles. The van der Waals surface area contributed by atoms with Crippen molar-refractivity contribution in [3.63, 3.8) is 0 Å². The molecule has 0 saturated heterocycles. The summed E-state index contributed by atoms with van der Waals surface area (Å²) in [6.07, 6.45) is 0. The quantitative estimate of drug-likeness (QED) is 0.823. The Bertz CT molecular complexity index is 485. The fourth-order valence-electron chi connectivity index (χ4n) is 1.50. The third kappa shape index (κ3) is 4.30. The van der Waals surface area contributed by atoms with Crippen LogP contribution < -0.4 is 11.2 Å². The van der Waals surface area contributed by atoms with E-state index < -0.39 is 16.5 Å². The highest BCUT2D eigenvalue weighted by atomic mass is 32.2. The molecule has 0 aliphatic rings. The summed E-state index contributed by atoms with van der Waals surface area (Å²) in [5.74, 6) is 1.28. The molecule has 0 saturated carbocycles. The maximum atomic E-state index is 11.6. The van der Waals surface area contributed by atoms with Gasteiger partial charge in [-0.1, -0.05) is 13.8 Å².